The minimum absolute atomic E-state index is 0.146. The van der Waals surface area contributed by atoms with Crippen molar-refractivity contribution in [2.45, 2.75) is 41.9 Å². The van der Waals surface area contributed by atoms with Crippen molar-refractivity contribution in [2.75, 3.05) is 18.2 Å². The second-order valence-electron chi connectivity index (χ2n) is 8.12. The number of fused-ring (bicyclic) bond motifs is 1. The van der Waals surface area contributed by atoms with Gasteiger partial charge in [-0.1, -0.05) is 18.2 Å². The minimum atomic E-state index is -6.07. The van der Waals surface area contributed by atoms with Crippen LogP contribution in [0, 0.1) is 0 Å². The van der Waals surface area contributed by atoms with E-state index in [9.17, 15) is 50.9 Å². The molecule has 3 rings (SSSR count). The normalized spacial score (nSPS) is 15.7. The molecule has 2 amide bonds. The van der Waals surface area contributed by atoms with Gasteiger partial charge in [-0.15, -0.1) is 11.8 Å². The molecule has 38 heavy (non-hydrogen) atoms. The van der Waals surface area contributed by atoms with Crippen molar-refractivity contribution in [3.63, 3.8) is 0 Å². The van der Waals surface area contributed by atoms with E-state index in [2.05, 4.69) is 10.1 Å². The van der Waals surface area contributed by atoms with Gasteiger partial charge in [-0.3, -0.25) is 14.5 Å². The van der Waals surface area contributed by atoms with Crippen LogP contribution in [0.15, 0.2) is 47.4 Å². The Morgan fingerprint density at radius 3 is 2.18 bits per heavy atom. The number of hydrogen-bond acceptors (Lipinski definition) is 6. The molecule has 0 radical (unpaired) electrons. The standard InChI is InChI=1S/C23H20F6N2O6S/c1-37-17(32)8-9-38-15-6-7-16-12(10-15)11-31(20(34)35)18(16)19(33)30-14-4-2-13(3-5-14)21(36,22(24,25)26)23(27,28)29/h2-7,10,18,36H,8-9,11H2,1H3,(H,30,33)(H,34,35). The Morgan fingerprint density at radius 1 is 1.05 bits per heavy atom. The van der Waals surface area contributed by atoms with Crippen LogP contribution >= 0.6 is 11.8 Å². The van der Waals surface area contributed by atoms with Gasteiger partial charge in [0.15, 0.2) is 0 Å². The molecular weight excluding hydrogens is 546 g/mol. The number of aliphatic hydroxyl groups is 1. The number of benzene rings is 2. The van der Waals surface area contributed by atoms with Gasteiger partial charge in [-0.05, 0) is 35.4 Å². The number of thioether (sulfide) groups is 1. The maximum Gasteiger partial charge on any atom is 0.430 e. The number of hydrogen-bond donors (Lipinski definition) is 3. The molecule has 1 aliphatic rings. The third kappa shape index (κ3) is 5.67. The lowest BCUT2D eigenvalue weighted by Crippen LogP contribution is -2.53. The summed E-state index contributed by atoms with van der Waals surface area (Å²) < 4.78 is 83.1. The van der Waals surface area contributed by atoms with E-state index in [0.29, 0.717) is 33.9 Å². The van der Waals surface area contributed by atoms with Crippen LogP contribution in [0.1, 0.15) is 29.2 Å². The highest BCUT2D eigenvalue weighted by Crippen LogP contribution is 2.50. The lowest BCUT2D eigenvalue weighted by atomic mass is 9.92. The lowest BCUT2D eigenvalue weighted by Gasteiger charge is -2.32. The predicted molar refractivity (Wildman–Crippen MR) is 121 cm³/mol. The number of carbonyl (C=O) groups excluding carboxylic acids is 2. The SMILES string of the molecule is COC(=O)CCSc1ccc2c(c1)CN(C(=O)O)C2C(=O)Nc1ccc(C(O)(C(F)(F)F)C(F)(F)F)cc1. The zero-order valence-electron chi connectivity index (χ0n) is 19.4. The largest absolute Gasteiger partial charge is 0.469 e. The summed E-state index contributed by atoms with van der Waals surface area (Å²) in [5.74, 6) is -0.903. The van der Waals surface area contributed by atoms with Gasteiger partial charge < -0.3 is 20.3 Å². The van der Waals surface area contributed by atoms with E-state index in [1.54, 1.807) is 12.1 Å². The molecule has 0 fully saturated rings. The van der Waals surface area contributed by atoms with Gasteiger partial charge in [-0.2, -0.15) is 26.3 Å². The highest BCUT2D eigenvalue weighted by atomic mass is 32.2. The van der Waals surface area contributed by atoms with E-state index in [0.717, 1.165) is 17.0 Å². The molecule has 1 aliphatic heterocycles. The lowest BCUT2D eigenvalue weighted by molar-refractivity contribution is -0.376. The second-order valence-corrected chi connectivity index (χ2v) is 9.29. The van der Waals surface area contributed by atoms with Crippen LogP contribution in [0.25, 0.3) is 0 Å². The summed E-state index contributed by atoms with van der Waals surface area (Å²) in [7, 11) is 1.26. The first-order valence-corrected chi connectivity index (χ1v) is 11.7. The van der Waals surface area contributed by atoms with Crippen molar-refractivity contribution < 1.29 is 55.7 Å². The average molecular weight is 566 g/mol. The summed E-state index contributed by atoms with van der Waals surface area (Å²) >= 11 is 1.31. The zero-order valence-corrected chi connectivity index (χ0v) is 20.2. The van der Waals surface area contributed by atoms with E-state index < -0.39 is 47.5 Å². The number of methoxy groups -OCH3 is 1. The number of nitrogens with one attached hydrogen (secondary N) is 1. The van der Waals surface area contributed by atoms with Gasteiger partial charge in [0.1, 0.15) is 6.04 Å². The Morgan fingerprint density at radius 2 is 1.66 bits per heavy atom. The summed E-state index contributed by atoms with van der Waals surface area (Å²) in [5, 5.41) is 21.4. The van der Waals surface area contributed by atoms with Crippen molar-refractivity contribution in [3.8, 4) is 0 Å². The summed E-state index contributed by atoms with van der Waals surface area (Å²) in [4.78, 5) is 37.6. The molecule has 1 unspecified atom stereocenters. The second kappa shape index (κ2) is 10.7. The molecule has 15 heteroatoms. The van der Waals surface area contributed by atoms with Crippen LogP contribution in [0.3, 0.4) is 0 Å². The Labute approximate surface area is 215 Å². The first-order valence-electron chi connectivity index (χ1n) is 10.7. The predicted octanol–water partition coefficient (Wildman–Crippen LogP) is 4.83. The van der Waals surface area contributed by atoms with Crippen LogP contribution in [0.4, 0.5) is 36.8 Å². The first-order chi connectivity index (χ1) is 17.6. The first kappa shape index (κ1) is 29.1. The molecule has 2 aromatic rings. The van der Waals surface area contributed by atoms with Gasteiger partial charge in [0.25, 0.3) is 11.5 Å². The maximum atomic E-state index is 13.1. The molecule has 2 aromatic carbocycles. The number of esters is 1. The Bertz CT molecular complexity index is 1200. The van der Waals surface area contributed by atoms with Crippen molar-refractivity contribution in [1.29, 1.82) is 0 Å². The quantitative estimate of drug-likeness (QED) is 0.250. The van der Waals surface area contributed by atoms with Gasteiger partial charge in [0, 0.05) is 21.9 Å². The molecule has 206 valence electrons. The molecule has 8 nitrogen and oxygen atoms in total. The Hall–Kier alpha value is -3.46. The summed E-state index contributed by atoms with van der Waals surface area (Å²) in [6.07, 6.45) is -13.4. The van der Waals surface area contributed by atoms with Crippen molar-refractivity contribution in [1.82, 2.24) is 4.90 Å². The van der Waals surface area contributed by atoms with E-state index in [1.807, 2.05) is 0 Å². The topological polar surface area (TPSA) is 116 Å². The number of ether oxygens (including phenoxy) is 1. The molecule has 0 aromatic heterocycles. The number of carbonyl (C=O) groups is 3. The number of amides is 2. The van der Waals surface area contributed by atoms with Gasteiger partial charge in [-0.25, -0.2) is 4.79 Å². The van der Waals surface area contributed by atoms with Gasteiger partial charge >= 0.3 is 24.4 Å². The average Bonchev–Trinajstić information content (AvgIpc) is 3.22. The minimum Gasteiger partial charge on any atom is -0.469 e. The summed E-state index contributed by atoms with van der Waals surface area (Å²) in [6, 6.07) is 5.66. The molecular formula is C23H20F6N2O6S. The fourth-order valence-corrected chi connectivity index (χ4v) is 4.72. The summed E-state index contributed by atoms with van der Waals surface area (Å²) in [6.45, 7) is -0.155. The van der Waals surface area contributed by atoms with Crippen LogP contribution in [0.5, 0.6) is 0 Å². The van der Waals surface area contributed by atoms with E-state index in [-0.39, 0.29) is 18.7 Å². The van der Waals surface area contributed by atoms with Gasteiger partial charge in [0.2, 0.25) is 0 Å². The van der Waals surface area contributed by atoms with Crippen molar-refractivity contribution in [3.05, 3.63) is 59.2 Å². The van der Waals surface area contributed by atoms with Crippen molar-refractivity contribution in [2.24, 2.45) is 0 Å². The number of rotatable bonds is 7. The molecule has 1 atom stereocenters. The monoisotopic (exact) mass is 566 g/mol. The van der Waals surface area contributed by atoms with E-state index in [1.165, 1.54) is 24.9 Å². The third-order valence-electron chi connectivity index (χ3n) is 5.75. The summed E-state index contributed by atoms with van der Waals surface area (Å²) in [5.41, 5.74) is -6.02. The fourth-order valence-electron chi connectivity index (χ4n) is 3.83. The van der Waals surface area contributed by atoms with Crippen molar-refractivity contribution >= 4 is 35.4 Å². The smallest absolute Gasteiger partial charge is 0.430 e. The number of carboxylic acid groups (broad SMARTS) is 1. The molecule has 0 saturated carbocycles. The molecule has 0 saturated heterocycles. The van der Waals surface area contributed by atoms with Gasteiger partial charge in [0.05, 0.1) is 20.1 Å². The molecule has 1 heterocycles. The highest BCUT2D eigenvalue weighted by Gasteiger charge is 2.71. The zero-order chi connectivity index (χ0) is 28.5. The van der Waals surface area contributed by atoms with Crippen LogP contribution < -0.4 is 5.32 Å². The highest BCUT2D eigenvalue weighted by molar-refractivity contribution is 7.99. The maximum absolute atomic E-state index is 13.1. The van der Waals surface area contributed by atoms with E-state index in [4.69, 9.17) is 0 Å². The van der Waals surface area contributed by atoms with Crippen LogP contribution in [-0.2, 0) is 26.5 Å². The van der Waals surface area contributed by atoms with Crippen LogP contribution in [-0.4, -0.2) is 58.3 Å². The number of nitrogens with zero attached hydrogens (tertiary/aromatic N) is 1. The Kier molecular flexibility index (Phi) is 8.21. The fraction of sp³-hybridized carbons (Fsp3) is 0.348. The number of anilines is 1. The third-order valence-corrected chi connectivity index (χ3v) is 6.74. The Balaban J connectivity index is 1.81. The molecule has 0 bridgehead atoms. The number of alkyl halides is 6. The molecule has 3 N–H and O–H groups in total. The molecule has 0 spiro atoms. The molecule has 0 aliphatic carbocycles. The van der Waals surface area contributed by atoms with Crippen LogP contribution in [0.2, 0.25) is 0 Å². The van der Waals surface area contributed by atoms with E-state index >= 15 is 0 Å². The number of halogens is 6.